The van der Waals surface area contributed by atoms with E-state index in [1.54, 1.807) is 0 Å². The Morgan fingerprint density at radius 2 is 1.77 bits per heavy atom. The summed E-state index contributed by atoms with van der Waals surface area (Å²) in [6.07, 6.45) is 4.68. The summed E-state index contributed by atoms with van der Waals surface area (Å²) in [7, 11) is -0.334. The molecule has 35 heavy (non-hydrogen) atoms. The van der Waals surface area contributed by atoms with E-state index in [9.17, 15) is 4.79 Å². The largest absolute Gasteiger partial charge is 0.486 e. The number of anilines is 1. The summed E-state index contributed by atoms with van der Waals surface area (Å²) in [6.45, 7) is 18.6. The van der Waals surface area contributed by atoms with Crippen LogP contribution in [0.2, 0.25) is 0 Å². The summed E-state index contributed by atoms with van der Waals surface area (Å²) < 4.78 is 23.0. The maximum atomic E-state index is 12.1. The third kappa shape index (κ3) is 8.31. The number of hydrogen-bond donors (Lipinski definition) is 0. The summed E-state index contributed by atoms with van der Waals surface area (Å²) in [4.78, 5) is 21.1. The Kier molecular flexibility index (Phi) is 9.02. The molecule has 2 fully saturated rings. The average Bonchev–Trinajstić information content (AvgIpc) is 2.96. The minimum absolute atomic E-state index is 0.167. The number of esters is 1. The van der Waals surface area contributed by atoms with Crippen LogP contribution in [-0.4, -0.2) is 85.7 Å². The molecule has 0 aromatic carbocycles. The van der Waals surface area contributed by atoms with E-state index < -0.39 is 5.60 Å². The van der Waals surface area contributed by atoms with Crippen molar-refractivity contribution < 1.29 is 23.6 Å². The van der Waals surface area contributed by atoms with E-state index in [1.807, 2.05) is 66.7 Å². The zero-order valence-corrected chi connectivity index (χ0v) is 22.5. The van der Waals surface area contributed by atoms with Gasteiger partial charge in [-0.15, -0.1) is 0 Å². The van der Waals surface area contributed by atoms with Gasteiger partial charge in [-0.25, -0.2) is 4.98 Å². The van der Waals surface area contributed by atoms with E-state index in [4.69, 9.17) is 18.8 Å². The molecule has 0 saturated carbocycles. The number of carbonyl (C=O) groups is 1. The number of carbonyl (C=O) groups excluding carboxylic acids is 1. The fraction of sp³-hybridized carbons (Fsp3) is 0.692. The quantitative estimate of drug-likeness (QED) is 0.299. The Labute approximate surface area is 211 Å². The van der Waals surface area contributed by atoms with Gasteiger partial charge in [-0.1, -0.05) is 18.1 Å². The SMILES string of the molecule is CC(C)(C)OC(=O)CN1CCN(c2ccc(CCOC/C=C/B3OC(C)(C)C(C)(C)O3)cn2)CC1. The van der Waals surface area contributed by atoms with Crippen LogP contribution in [-0.2, 0) is 30.0 Å². The van der Waals surface area contributed by atoms with Crippen LogP contribution in [0.5, 0.6) is 0 Å². The molecule has 2 saturated heterocycles. The topological polar surface area (TPSA) is 73.4 Å². The Balaban J connectivity index is 1.32. The third-order valence-electron chi connectivity index (χ3n) is 6.59. The van der Waals surface area contributed by atoms with Crippen molar-refractivity contribution in [2.75, 3.05) is 50.8 Å². The van der Waals surface area contributed by atoms with Crippen molar-refractivity contribution in [2.45, 2.75) is 71.7 Å². The van der Waals surface area contributed by atoms with Crippen LogP contribution >= 0.6 is 0 Å². The molecule has 0 bridgehead atoms. The molecule has 9 heteroatoms. The smallest absolute Gasteiger partial charge is 0.459 e. The van der Waals surface area contributed by atoms with Crippen LogP contribution in [0.1, 0.15) is 54.0 Å². The maximum Gasteiger partial charge on any atom is 0.486 e. The molecule has 0 amide bonds. The van der Waals surface area contributed by atoms with Crippen LogP contribution in [0.3, 0.4) is 0 Å². The first kappa shape index (κ1) is 27.6. The Bertz CT molecular complexity index is 843. The highest BCUT2D eigenvalue weighted by Crippen LogP contribution is 2.36. The summed E-state index contributed by atoms with van der Waals surface area (Å²) >= 11 is 0. The van der Waals surface area contributed by atoms with Crippen molar-refractivity contribution in [3.8, 4) is 0 Å². The standard InChI is InChI=1S/C26H42BN3O5/c1-24(2,3)33-23(31)20-29-13-15-30(16-14-29)22-10-9-21(19-28-22)11-18-32-17-8-12-27-34-25(4,5)26(6,7)35-27/h8-10,12,19H,11,13-18,20H2,1-7H3/b12-8+. The van der Waals surface area contributed by atoms with E-state index in [2.05, 4.69) is 26.9 Å². The molecular formula is C26H42BN3O5. The summed E-state index contributed by atoms with van der Waals surface area (Å²) in [5, 5.41) is 0. The molecule has 0 aliphatic carbocycles. The average molecular weight is 487 g/mol. The van der Waals surface area contributed by atoms with Crippen molar-refractivity contribution in [1.29, 1.82) is 0 Å². The maximum absolute atomic E-state index is 12.1. The van der Waals surface area contributed by atoms with Crippen LogP contribution in [0.15, 0.2) is 30.4 Å². The lowest BCUT2D eigenvalue weighted by Gasteiger charge is -2.35. The number of hydrogen-bond acceptors (Lipinski definition) is 8. The molecule has 2 aliphatic heterocycles. The highest BCUT2D eigenvalue weighted by Gasteiger charge is 2.49. The normalized spacial score (nSPS) is 20.5. The van der Waals surface area contributed by atoms with Gasteiger partial charge in [-0.2, -0.15) is 0 Å². The second-order valence-corrected chi connectivity index (χ2v) is 11.3. The van der Waals surface area contributed by atoms with Gasteiger partial charge in [0.2, 0.25) is 0 Å². The van der Waals surface area contributed by atoms with Gasteiger partial charge in [0.1, 0.15) is 11.4 Å². The molecular weight excluding hydrogens is 445 g/mol. The minimum atomic E-state index is -0.444. The predicted octanol–water partition coefficient (Wildman–Crippen LogP) is 3.29. The zero-order valence-electron chi connectivity index (χ0n) is 22.5. The highest BCUT2D eigenvalue weighted by molar-refractivity contribution is 6.51. The van der Waals surface area contributed by atoms with Crippen molar-refractivity contribution >= 4 is 18.9 Å². The van der Waals surface area contributed by atoms with Crippen LogP contribution in [0, 0.1) is 0 Å². The molecule has 1 aromatic rings. The lowest BCUT2D eigenvalue weighted by Crippen LogP contribution is -2.48. The van der Waals surface area contributed by atoms with Crippen LogP contribution in [0.25, 0.3) is 0 Å². The monoisotopic (exact) mass is 487 g/mol. The molecule has 0 N–H and O–H groups in total. The Morgan fingerprint density at radius 1 is 1.11 bits per heavy atom. The second kappa shape index (κ2) is 11.4. The molecule has 0 unspecified atom stereocenters. The number of aromatic nitrogens is 1. The predicted molar refractivity (Wildman–Crippen MR) is 138 cm³/mol. The van der Waals surface area contributed by atoms with Gasteiger partial charge in [0.15, 0.2) is 0 Å². The van der Waals surface area contributed by atoms with Gasteiger partial charge < -0.3 is 23.7 Å². The van der Waals surface area contributed by atoms with Gasteiger partial charge in [0.05, 0.1) is 31.0 Å². The van der Waals surface area contributed by atoms with E-state index in [0.29, 0.717) is 19.8 Å². The number of nitrogens with zero attached hydrogens (tertiary/aromatic N) is 3. The lowest BCUT2D eigenvalue weighted by atomic mass is 9.90. The molecule has 3 rings (SSSR count). The minimum Gasteiger partial charge on any atom is -0.459 e. The Morgan fingerprint density at radius 3 is 2.34 bits per heavy atom. The fourth-order valence-electron chi connectivity index (χ4n) is 3.92. The molecule has 0 spiro atoms. The molecule has 8 nitrogen and oxygen atoms in total. The highest BCUT2D eigenvalue weighted by atomic mass is 16.7. The first-order valence-corrected chi connectivity index (χ1v) is 12.6. The van der Waals surface area contributed by atoms with Gasteiger partial charge in [-0.05, 0) is 66.5 Å². The molecule has 0 atom stereocenters. The first-order valence-electron chi connectivity index (χ1n) is 12.6. The van der Waals surface area contributed by atoms with E-state index in [-0.39, 0.29) is 24.3 Å². The zero-order chi connectivity index (χ0) is 25.7. The van der Waals surface area contributed by atoms with Crippen LogP contribution < -0.4 is 4.90 Å². The molecule has 3 heterocycles. The third-order valence-corrected chi connectivity index (χ3v) is 6.59. The summed E-state index contributed by atoms with van der Waals surface area (Å²) in [5.41, 5.74) is 0.0543. The Hall–Kier alpha value is -1.94. The lowest BCUT2D eigenvalue weighted by molar-refractivity contribution is -0.156. The van der Waals surface area contributed by atoms with Gasteiger partial charge >= 0.3 is 13.1 Å². The van der Waals surface area contributed by atoms with Crippen molar-refractivity contribution in [3.05, 3.63) is 35.9 Å². The molecule has 0 radical (unpaired) electrons. The number of pyridine rings is 1. The summed E-state index contributed by atoms with van der Waals surface area (Å²) in [5.74, 6) is 2.72. The molecule has 2 aliphatic rings. The van der Waals surface area contributed by atoms with Gasteiger partial charge in [0, 0.05) is 32.4 Å². The van der Waals surface area contributed by atoms with Crippen LogP contribution in [0.4, 0.5) is 5.82 Å². The number of rotatable bonds is 9. The van der Waals surface area contributed by atoms with Gasteiger partial charge in [-0.3, -0.25) is 9.69 Å². The molecule has 194 valence electrons. The molecule has 1 aromatic heterocycles. The van der Waals surface area contributed by atoms with Crippen molar-refractivity contribution in [1.82, 2.24) is 9.88 Å². The van der Waals surface area contributed by atoms with Crippen molar-refractivity contribution in [2.24, 2.45) is 0 Å². The summed E-state index contributed by atoms with van der Waals surface area (Å²) in [6, 6.07) is 4.18. The first-order chi connectivity index (χ1) is 16.3. The van der Waals surface area contributed by atoms with Crippen molar-refractivity contribution in [3.63, 3.8) is 0 Å². The van der Waals surface area contributed by atoms with Gasteiger partial charge in [0.25, 0.3) is 0 Å². The van der Waals surface area contributed by atoms with E-state index >= 15 is 0 Å². The van der Waals surface area contributed by atoms with E-state index in [1.165, 1.54) is 0 Å². The number of ether oxygens (including phenoxy) is 2. The number of piperazine rings is 1. The second-order valence-electron chi connectivity index (χ2n) is 11.3. The fourth-order valence-corrected chi connectivity index (χ4v) is 3.92. The van der Waals surface area contributed by atoms with E-state index in [0.717, 1.165) is 44.0 Å².